The van der Waals surface area contributed by atoms with Crippen molar-refractivity contribution < 1.29 is 29.3 Å². The van der Waals surface area contributed by atoms with Crippen LogP contribution in [0.1, 0.15) is 24.0 Å². The third-order valence-electron chi connectivity index (χ3n) is 5.69. The van der Waals surface area contributed by atoms with Crippen molar-refractivity contribution in [3.8, 4) is 0 Å². The molecule has 9 heteroatoms. The second-order valence-corrected chi connectivity index (χ2v) is 7.86. The fourth-order valence-electron chi connectivity index (χ4n) is 3.93. The Morgan fingerprint density at radius 3 is 2.58 bits per heavy atom. The zero-order valence-corrected chi connectivity index (χ0v) is 18.0. The molecule has 1 saturated carbocycles. The van der Waals surface area contributed by atoms with E-state index in [1.165, 1.54) is 0 Å². The van der Waals surface area contributed by atoms with Crippen molar-refractivity contribution in [2.75, 3.05) is 39.4 Å². The lowest BCUT2D eigenvalue weighted by atomic mass is 10.0. The van der Waals surface area contributed by atoms with E-state index in [2.05, 4.69) is 15.5 Å². The van der Waals surface area contributed by atoms with Gasteiger partial charge in [-0.05, 0) is 30.9 Å². The van der Waals surface area contributed by atoms with Gasteiger partial charge < -0.3 is 25.6 Å². The summed E-state index contributed by atoms with van der Waals surface area (Å²) in [4.78, 5) is 35.4. The van der Waals surface area contributed by atoms with E-state index in [9.17, 15) is 14.7 Å². The minimum absolute atomic E-state index is 0.0389. The number of aliphatic hydroxyl groups excluding tert-OH is 1. The van der Waals surface area contributed by atoms with Crippen LogP contribution in [0.3, 0.4) is 0 Å². The molecular weight excluding hydrogens is 402 g/mol. The molecule has 0 spiro atoms. The van der Waals surface area contributed by atoms with Gasteiger partial charge in [0, 0.05) is 32.1 Å². The summed E-state index contributed by atoms with van der Waals surface area (Å²) < 4.78 is 5.32. The molecule has 2 aliphatic rings. The molecule has 0 aromatic heterocycles. The summed E-state index contributed by atoms with van der Waals surface area (Å²) in [6.45, 7) is 6.40. The Bertz CT molecular complexity index is 723. The maximum atomic E-state index is 12.4. The number of hydrogen-bond acceptors (Lipinski definition) is 6. The Balaban J connectivity index is 0.00000107. The highest BCUT2D eigenvalue weighted by molar-refractivity contribution is 5.81. The minimum Gasteiger partial charge on any atom is -0.483 e. The number of aryl methyl sites for hydroxylation is 1. The van der Waals surface area contributed by atoms with E-state index in [0.717, 1.165) is 44.0 Å². The van der Waals surface area contributed by atoms with Gasteiger partial charge >= 0.3 is 0 Å². The highest BCUT2D eigenvalue weighted by Crippen LogP contribution is 2.26. The van der Waals surface area contributed by atoms with Crippen LogP contribution >= 0.6 is 0 Å². The number of hydrogen-bond donors (Lipinski definition) is 4. The standard InChI is InChI=1S/C21H31N3O4.CH2O2/c1-15-4-2-3-5-16(15)14-20(26)23-18-12-17(13-19(18)25)21(27)22-6-7-24-8-10-28-11-9-24;2-1-3/h2-5,17-19,25H,6-14H2,1H3,(H,22,27)(H,23,26);1H,(H,2,3)/t17-,18-,19-;/m0./s1. The van der Waals surface area contributed by atoms with Crippen LogP contribution in [0.15, 0.2) is 24.3 Å². The number of benzene rings is 1. The van der Waals surface area contributed by atoms with Crippen LogP contribution in [0.5, 0.6) is 0 Å². The summed E-state index contributed by atoms with van der Waals surface area (Å²) in [6.07, 6.45) is 0.463. The first kappa shape index (κ1) is 24.8. The van der Waals surface area contributed by atoms with Crippen LogP contribution in [0, 0.1) is 12.8 Å². The molecule has 1 aromatic rings. The van der Waals surface area contributed by atoms with E-state index in [4.69, 9.17) is 14.6 Å². The smallest absolute Gasteiger partial charge is 0.290 e. The SMILES string of the molecule is Cc1ccccc1CC(=O)N[C@H]1C[C@H](C(=O)NCCN2CCOCC2)C[C@@H]1O.O=CO. The van der Waals surface area contributed by atoms with Gasteiger partial charge in [-0.25, -0.2) is 0 Å². The van der Waals surface area contributed by atoms with E-state index in [0.29, 0.717) is 19.4 Å². The van der Waals surface area contributed by atoms with Crippen LogP contribution in [-0.2, 0) is 25.5 Å². The first-order valence-electron chi connectivity index (χ1n) is 10.6. The Kier molecular flexibility index (Phi) is 10.4. The Morgan fingerprint density at radius 2 is 1.90 bits per heavy atom. The zero-order chi connectivity index (χ0) is 22.6. The third-order valence-corrected chi connectivity index (χ3v) is 5.69. The molecule has 3 rings (SSSR count). The summed E-state index contributed by atoms with van der Waals surface area (Å²) in [6, 6.07) is 7.40. The van der Waals surface area contributed by atoms with Gasteiger partial charge in [0.25, 0.3) is 6.47 Å². The fourth-order valence-corrected chi connectivity index (χ4v) is 3.93. The first-order chi connectivity index (χ1) is 14.9. The number of nitrogens with one attached hydrogen (secondary N) is 2. The largest absolute Gasteiger partial charge is 0.483 e. The van der Waals surface area contributed by atoms with Crippen molar-refractivity contribution in [2.45, 2.75) is 38.3 Å². The molecule has 1 aliphatic heterocycles. The predicted molar refractivity (Wildman–Crippen MR) is 115 cm³/mol. The molecule has 1 saturated heterocycles. The van der Waals surface area contributed by atoms with Gasteiger partial charge in [-0.3, -0.25) is 19.3 Å². The second kappa shape index (κ2) is 13.0. The minimum atomic E-state index is -0.684. The summed E-state index contributed by atoms with van der Waals surface area (Å²) in [5.74, 6) is -0.418. The highest BCUT2D eigenvalue weighted by Gasteiger charge is 2.37. The molecule has 2 fully saturated rings. The quantitative estimate of drug-likeness (QED) is 0.442. The van der Waals surface area contributed by atoms with E-state index < -0.39 is 6.10 Å². The van der Waals surface area contributed by atoms with Crippen LogP contribution in [0.4, 0.5) is 0 Å². The van der Waals surface area contributed by atoms with Crippen LogP contribution in [-0.4, -0.2) is 84.9 Å². The zero-order valence-electron chi connectivity index (χ0n) is 18.0. The van der Waals surface area contributed by atoms with Crippen molar-refractivity contribution in [3.63, 3.8) is 0 Å². The molecule has 2 amide bonds. The molecule has 1 heterocycles. The molecule has 9 nitrogen and oxygen atoms in total. The van der Waals surface area contributed by atoms with E-state index in [-0.39, 0.29) is 36.7 Å². The lowest BCUT2D eigenvalue weighted by molar-refractivity contribution is -0.125. The van der Waals surface area contributed by atoms with Gasteiger partial charge in [-0.2, -0.15) is 0 Å². The molecule has 0 radical (unpaired) electrons. The monoisotopic (exact) mass is 435 g/mol. The Hall–Kier alpha value is -2.49. The fraction of sp³-hybridized carbons (Fsp3) is 0.591. The number of aliphatic hydroxyl groups is 1. The van der Waals surface area contributed by atoms with Gasteiger partial charge in [0.1, 0.15) is 0 Å². The summed E-state index contributed by atoms with van der Waals surface area (Å²) in [5.41, 5.74) is 2.05. The number of nitrogens with zero attached hydrogens (tertiary/aromatic N) is 1. The maximum Gasteiger partial charge on any atom is 0.290 e. The van der Waals surface area contributed by atoms with E-state index in [1.54, 1.807) is 0 Å². The number of carbonyl (C=O) groups excluding carboxylic acids is 2. The van der Waals surface area contributed by atoms with Gasteiger partial charge in [0.15, 0.2) is 0 Å². The van der Waals surface area contributed by atoms with Crippen molar-refractivity contribution >= 4 is 18.3 Å². The third kappa shape index (κ3) is 8.28. The molecule has 1 aliphatic carbocycles. The number of ether oxygens (including phenoxy) is 1. The maximum absolute atomic E-state index is 12.4. The van der Waals surface area contributed by atoms with Crippen LogP contribution in [0.25, 0.3) is 0 Å². The summed E-state index contributed by atoms with van der Waals surface area (Å²) >= 11 is 0. The normalized spacial score (nSPS) is 23.4. The molecule has 172 valence electrons. The first-order valence-corrected chi connectivity index (χ1v) is 10.6. The molecule has 3 atom stereocenters. The molecule has 0 bridgehead atoms. The molecule has 0 unspecified atom stereocenters. The van der Waals surface area contributed by atoms with Gasteiger partial charge in [0.05, 0.1) is 31.8 Å². The highest BCUT2D eigenvalue weighted by atomic mass is 16.5. The van der Waals surface area contributed by atoms with Gasteiger partial charge in [-0.1, -0.05) is 24.3 Å². The average molecular weight is 436 g/mol. The lowest BCUT2D eigenvalue weighted by Crippen LogP contribution is -2.42. The van der Waals surface area contributed by atoms with Crippen LogP contribution in [0.2, 0.25) is 0 Å². The number of carboxylic acid groups (broad SMARTS) is 1. The molecular formula is C22H33N3O6. The Morgan fingerprint density at radius 1 is 1.23 bits per heavy atom. The molecule has 4 N–H and O–H groups in total. The van der Waals surface area contributed by atoms with E-state index >= 15 is 0 Å². The summed E-state index contributed by atoms with van der Waals surface area (Å²) in [5, 5.41) is 23.1. The number of morpholine rings is 1. The van der Waals surface area contributed by atoms with Crippen molar-refractivity contribution in [2.24, 2.45) is 5.92 Å². The predicted octanol–water partition coefficient (Wildman–Crippen LogP) is -0.0576. The van der Waals surface area contributed by atoms with Crippen LogP contribution < -0.4 is 10.6 Å². The number of carbonyl (C=O) groups is 3. The van der Waals surface area contributed by atoms with Crippen molar-refractivity contribution in [1.82, 2.24) is 15.5 Å². The van der Waals surface area contributed by atoms with Crippen molar-refractivity contribution in [3.05, 3.63) is 35.4 Å². The summed E-state index contributed by atoms with van der Waals surface area (Å²) in [7, 11) is 0. The van der Waals surface area contributed by atoms with E-state index in [1.807, 2.05) is 31.2 Å². The lowest BCUT2D eigenvalue weighted by Gasteiger charge is -2.26. The van der Waals surface area contributed by atoms with Gasteiger partial charge in [-0.15, -0.1) is 0 Å². The number of rotatable bonds is 7. The average Bonchev–Trinajstić information content (AvgIpc) is 3.11. The number of amides is 2. The topological polar surface area (TPSA) is 128 Å². The Labute approximate surface area is 182 Å². The van der Waals surface area contributed by atoms with Gasteiger partial charge in [0.2, 0.25) is 11.8 Å². The van der Waals surface area contributed by atoms with Crippen molar-refractivity contribution in [1.29, 1.82) is 0 Å². The second-order valence-electron chi connectivity index (χ2n) is 7.86. The molecule has 1 aromatic carbocycles. The molecule has 31 heavy (non-hydrogen) atoms.